The number of aliphatic hydroxyl groups excluding tert-OH is 1. The molecule has 1 heterocycles. The van der Waals surface area contributed by atoms with Gasteiger partial charge >= 0.3 is 0 Å². The molecule has 0 bridgehead atoms. The Balaban J connectivity index is 2.55. The molecule has 0 unspecified atom stereocenters. The molecule has 0 aliphatic carbocycles. The molecule has 5 heteroatoms. The van der Waals surface area contributed by atoms with E-state index in [2.05, 4.69) is 38.8 Å². The van der Waals surface area contributed by atoms with Crippen LogP contribution in [-0.2, 0) is 17.5 Å². The van der Waals surface area contributed by atoms with Crippen LogP contribution >= 0.6 is 11.3 Å². The van der Waals surface area contributed by atoms with Crippen LogP contribution < -0.4 is 0 Å². The van der Waals surface area contributed by atoms with Crippen LogP contribution in [0.1, 0.15) is 31.5 Å². The highest BCUT2D eigenvalue weighted by atomic mass is 32.1. The summed E-state index contributed by atoms with van der Waals surface area (Å²) in [4.78, 5) is 4.44. The number of rotatable bonds is 5. The van der Waals surface area contributed by atoms with Crippen molar-refractivity contribution in [2.75, 3.05) is 6.61 Å². The van der Waals surface area contributed by atoms with Crippen LogP contribution in [-0.4, -0.2) is 25.0 Å². The van der Waals surface area contributed by atoms with Crippen molar-refractivity contribution in [3.8, 4) is 0 Å². The van der Waals surface area contributed by atoms with Crippen molar-refractivity contribution >= 4 is 19.7 Å². The molecule has 0 saturated heterocycles. The highest BCUT2D eigenvalue weighted by molar-refractivity contribution is 7.09. The predicted molar refractivity (Wildman–Crippen MR) is 74.9 cm³/mol. The second-order valence-corrected chi connectivity index (χ2v) is 11.5. The molecule has 3 nitrogen and oxygen atoms in total. The minimum absolute atomic E-state index is 0.159. The van der Waals surface area contributed by atoms with E-state index in [1.165, 1.54) is 0 Å². The van der Waals surface area contributed by atoms with Gasteiger partial charge in [0.05, 0.1) is 12.3 Å². The fraction of sp³-hybridized carbons (Fsp3) is 0.750. The summed E-state index contributed by atoms with van der Waals surface area (Å²) >= 11 is 1.62. The SMILES string of the molecule is CC(C)(C)[Si](C)(C)OCc1nc(CCO)cs1. The Labute approximate surface area is 109 Å². The fourth-order valence-corrected chi connectivity index (χ4v) is 2.88. The summed E-state index contributed by atoms with van der Waals surface area (Å²) in [6.45, 7) is 12.0. The second kappa shape index (κ2) is 5.61. The Morgan fingerprint density at radius 2 is 2.06 bits per heavy atom. The first kappa shape index (κ1) is 14.8. The normalized spacial score (nSPS) is 13.1. The molecule has 17 heavy (non-hydrogen) atoms. The molecule has 0 saturated carbocycles. The third kappa shape index (κ3) is 4.17. The van der Waals surface area contributed by atoms with E-state index in [-0.39, 0.29) is 11.6 Å². The fourth-order valence-electron chi connectivity index (χ4n) is 1.10. The molecule has 0 atom stereocenters. The summed E-state index contributed by atoms with van der Waals surface area (Å²) in [7, 11) is -1.68. The Kier molecular flexibility index (Phi) is 4.89. The molecule has 0 amide bonds. The van der Waals surface area contributed by atoms with E-state index in [1.807, 2.05) is 5.38 Å². The van der Waals surface area contributed by atoms with E-state index in [1.54, 1.807) is 11.3 Å². The standard InChI is InChI=1S/C12H23NO2SSi/c1-12(2,3)17(4,5)15-8-11-13-10(6-7-14)9-16-11/h9,14H,6-8H2,1-5H3. The largest absolute Gasteiger partial charge is 0.410 e. The van der Waals surface area contributed by atoms with Gasteiger partial charge in [-0.15, -0.1) is 11.3 Å². The smallest absolute Gasteiger partial charge is 0.192 e. The van der Waals surface area contributed by atoms with Gasteiger partial charge in [-0.25, -0.2) is 4.98 Å². The Bertz CT molecular complexity index is 358. The van der Waals surface area contributed by atoms with Gasteiger partial charge in [0.2, 0.25) is 0 Å². The quantitative estimate of drug-likeness (QED) is 0.838. The zero-order valence-corrected chi connectivity index (χ0v) is 13.2. The van der Waals surface area contributed by atoms with Gasteiger partial charge in [0, 0.05) is 18.4 Å². The van der Waals surface area contributed by atoms with E-state index in [4.69, 9.17) is 9.53 Å². The minimum atomic E-state index is -1.68. The van der Waals surface area contributed by atoms with Gasteiger partial charge in [-0.3, -0.25) is 0 Å². The van der Waals surface area contributed by atoms with Crippen LogP contribution in [0.25, 0.3) is 0 Å². The molecule has 0 radical (unpaired) electrons. The molecular formula is C12H23NO2SSi. The van der Waals surface area contributed by atoms with E-state index >= 15 is 0 Å². The highest BCUT2D eigenvalue weighted by Crippen LogP contribution is 2.37. The van der Waals surface area contributed by atoms with Gasteiger partial charge in [0.15, 0.2) is 8.32 Å². The molecule has 1 N–H and O–H groups in total. The van der Waals surface area contributed by atoms with Crippen molar-refractivity contribution in [2.24, 2.45) is 0 Å². The maximum atomic E-state index is 8.84. The first-order valence-corrected chi connectivity index (χ1v) is 9.73. The van der Waals surface area contributed by atoms with Crippen LogP contribution in [0, 0.1) is 0 Å². The van der Waals surface area contributed by atoms with E-state index in [0.29, 0.717) is 13.0 Å². The number of aromatic nitrogens is 1. The number of thiazole rings is 1. The first-order chi connectivity index (χ1) is 7.76. The molecule has 0 fully saturated rings. The van der Waals surface area contributed by atoms with Crippen LogP contribution in [0.5, 0.6) is 0 Å². The molecule has 0 aliphatic rings. The number of aliphatic hydroxyl groups is 1. The van der Waals surface area contributed by atoms with Crippen LogP contribution in [0.3, 0.4) is 0 Å². The van der Waals surface area contributed by atoms with Crippen molar-refractivity contribution in [3.63, 3.8) is 0 Å². The molecule has 1 rings (SSSR count). The van der Waals surface area contributed by atoms with E-state index < -0.39 is 8.32 Å². The lowest BCUT2D eigenvalue weighted by Gasteiger charge is -2.35. The Morgan fingerprint density at radius 3 is 2.59 bits per heavy atom. The van der Waals surface area contributed by atoms with Gasteiger partial charge in [-0.05, 0) is 18.1 Å². The Hall–Kier alpha value is -0.233. The minimum Gasteiger partial charge on any atom is -0.410 e. The van der Waals surface area contributed by atoms with Gasteiger partial charge < -0.3 is 9.53 Å². The highest BCUT2D eigenvalue weighted by Gasteiger charge is 2.37. The second-order valence-electron chi connectivity index (χ2n) is 5.76. The molecular weight excluding hydrogens is 250 g/mol. The van der Waals surface area contributed by atoms with E-state index in [0.717, 1.165) is 10.7 Å². The average Bonchev–Trinajstić information content (AvgIpc) is 2.62. The number of nitrogens with zero attached hydrogens (tertiary/aromatic N) is 1. The van der Waals surface area contributed by atoms with Crippen LogP contribution in [0.4, 0.5) is 0 Å². The van der Waals surface area contributed by atoms with Crippen LogP contribution in [0.2, 0.25) is 18.1 Å². The third-order valence-corrected chi connectivity index (χ3v) is 8.68. The molecule has 1 aromatic rings. The summed E-state index contributed by atoms with van der Waals surface area (Å²) in [5.74, 6) is 0. The topological polar surface area (TPSA) is 42.4 Å². The molecule has 98 valence electrons. The Morgan fingerprint density at radius 1 is 1.41 bits per heavy atom. The zero-order valence-electron chi connectivity index (χ0n) is 11.4. The third-order valence-electron chi connectivity index (χ3n) is 3.33. The average molecular weight is 273 g/mol. The van der Waals surface area contributed by atoms with E-state index in [9.17, 15) is 0 Å². The summed E-state index contributed by atoms with van der Waals surface area (Å²) < 4.78 is 6.10. The number of hydrogen-bond donors (Lipinski definition) is 1. The van der Waals surface area contributed by atoms with Crippen molar-refractivity contribution in [1.29, 1.82) is 0 Å². The maximum Gasteiger partial charge on any atom is 0.192 e. The molecule has 0 aromatic carbocycles. The van der Waals surface area contributed by atoms with Crippen molar-refractivity contribution in [2.45, 2.75) is 51.9 Å². The summed E-state index contributed by atoms with van der Waals surface area (Å²) in [5, 5.41) is 12.1. The summed E-state index contributed by atoms with van der Waals surface area (Å²) in [6.07, 6.45) is 0.636. The van der Waals surface area contributed by atoms with Gasteiger partial charge in [-0.2, -0.15) is 0 Å². The molecule has 1 aromatic heterocycles. The summed E-state index contributed by atoms with van der Waals surface area (Å²) in [5.41, 5.74) is 0.964. The van der Waals surface area contributed by atoms with Gasteiger partial charge in [0.25, 0.3) is 0 Å². The van der Waals surface area contributed by atoms with Crippen LogP contribution in [0.15, 0.2) is 5.38 Å². The maximum absolute atomic E-state index is 8.84. The first-order valence-electron chi connectivity index (χ1n) is 5.94. The number of hydrogen-bond acceptors (Lipinski definition) is 4. The van der Waals surface area contributed by atoms with Crippen molar-refractivity contribution in [3.05, 3.63) is 16.1 Å². The lowest BCUT2D eigenvalue weighted by Crippen LogP contribution is -2.40. The van der Waals surface area contributed by atoms with Crippen molar-refractivity contribution < 1.29 is 9.53 Å². The zero-order chi connectivity index (χ0) is 13.1. The predicted octanol–water partition coefficient (Wildman–Crippen LogP) is 3.20. The molecule has 0 aliphatic heterocycles. The summed E-state index contributed by atoms with van der Waals surface area (Å²) in [6, 6.07) is 0. The molecule has 0 spiro atoms. The van der Waals surface area contributed by atoms with Gasteiger partial charge in [-0.1, -0.05) is 20.8 Å². The van der Waals surface area contributed by atoms with Gasteiger partial charge in [0.1, 0.15) is 5.01 Å². The monoisotopic (exact) mass is 273 g/mol. The van der Waals surface area contributed by atoms with Crippen molar-refractivity contribution in [1.82, 2.24) is 4.98 Å². The lowest BCUT2D eigenvalue weighted by molar-refractivity contribution is 0.274. The lowest BCUT2D eigenvalue weighted by atomic mass is 10.2.